The molecule has 0 N–H and O–H groups in total. The van der Waals surface area contributed by atoms with Gasteiger partial charge in [0.1, 0.15) is 17.8 Å². The van der Waals surface area contributed by atoms with E-state index in [-0.39, 0.29) is 31.2 Å². The molecule has 34 heavy (non-hydrogen) atoms. The summed E-state index contributed by atoms with van der Waals surface area (Å²) in [5, 5.41) is 0. The number of hydrogen-bond acceptors (Lipinski definition) is 7. The molecule has 0 radical (unpaired) electrons. The smallest absolute Gasteiger partial charge is 0.333 e. The van der Waals surface area contributed by atoms with E-state index in [0.29, 0.717) is 46.0 Å². The Morgan fingerprint density at radius 3 is 2.47 bits per heavy atom. The van der Waals surface area contributed by atoms with E-state index in [1.807, 2.05) is 20.8 Å². The molecular formula is C25H30N2O6S. The van der Waals surface area contributed by atoms with Crippen LogP contribution >= 0.6 is 11.3 Å². The van der Waals surface area contributed by atoms with Gasteiger partial charge in [-0.05, 0) is 51.5 Å². The van der Waals surface area contributed by atoms with Gasteiger partial charge in [0.25, 0.3) is 5.56 Å². The summed E-state index contributed by atoms with van der Waals surface area (Å²) in [7, 11) is 0. The van der Waals surface area contributed by atoms with Crippen LogP contribution in [-0.4, -0.2) is 54.3 Å². The molecule has 0 saturated heterocycles. The summed E-state index contributed by atoms with van der Waals surface area (Å²) in [6.07, 6.45) is 8.19. The Morgan fingerprint density at radius 2 is 1.85 bits per heavy atom. The summed E-state index contributed by atoms with van der Waals surface area (Å²) in [6, 6.07) is 5.23. The lowest BCUT2D eigenvalue weighted by Crippen LogP contribution is -2.40. The maximum atomic E-state index is 13.2. The summed E-state index contributed by atoms with van der Waals surface area (Å²) in [5.74, 6) is 2.63. The van der Waals surface area contributed by atoms with E-state index in [4.69, 9.17) is 20.6 Å². The molecule has 2 rings (SSSR count). The molecule has 0 aliphatic carbocycles. The van der Waals surface area contributed by atoms with Crippen molar-refractivity contribution in [3.05, 3.63) is 43.3 Å². The van der Waals surface area contributed by atoms with Gasteiger partial charge in [0, 0.05) is 13.1 Å². The Bertz CT molecular complexity index is 1220. The number of benzene rings is 1. The number of terminal acetylenes is 1. The van der Waals surface area contributed by atoms with E-state index in [1.165, 1.54) is 10.6 Å². The summed E-state index contributed by atoms with van der Waals surface area (Å²) in [5.41, 5.74) is 0.325. The first-order valence-corrected chi connectivity index (χ1v) is 11.9. The number of hydrogen-bond donors (Lipinski definition) is 0. The quantitative estimate of drug-likeness (QED) is 0.352. The number of esters is 1. The van der Waals surface area contributed by atoms with Crippen LogP contribution in [0.4, 0.5) is 0 Å². The van der Waals surface area contributed by atoms with Crippen molar-refractivity contribution in [2.24, 2.45) is 0 Å². The third-order valence-corrected chi connectivity index (χ3v) is 5.81. The Labute approximate surface area is 203 Å². The monoisotopic (exact) mass is 486 g/mol. The Hall–Kier alpha value is -3.51. The number of rotatable bonds is 11. The van der Waals surface area contributed by atoms with E-state index in [2.05, 4.69) is 5.92 Å². The van der Waals surface area contributed by atoms with Crippen LogP contribution in [0.25, 0.3) is 12.2 Å². The number of amides is 1. The van der Waals surface area contributed by atoms with Crippen molar-refractivity contribution in [3.8, 4) is 23.8 Å². The van der Waals surface area contributed by atoms with Crippen molar-refractivity contribution in [2.45, 2.75) is 34.2 Å². The van der Waals surface area contributed by atoms with Crippen LogP contribution in [0.15, 0.2) is 23.0 Å². The van der Waals surface area contributed by atoms with E-state index in [0.717, 1.165) is 11.3 Å². The van der Waals surface area contributed by atoms with Crippen molar-refractivity contribution >= 4 is 35.4 Å². The molecule has 1 amide bonds. The highest BCUT2D eigenvalue weighted by molar-refractivity contribution is 7.07. The van der Waals surface area contributed by atoms with Gasteiger partial charge < -0.3 is 19.1 Å². The molecule has 1 heterocycles. The highest BCUT2D eigenvalue weighted by atomic mass is 32.1. The first kappa shape index (κ1) is 26.7. The fourth-order valence-corrected chi connectivity index (χ4v) is 4.19. The van der Waals surface area contributed by atoms with Gasteiger partial charge in [-0.1, -0.05) is 12.0 Å². The summed E-state index contributed by atoms with van der Waals surface area (Å²) in [4.78, 5) is 39.6. The van der Waals surface area contributed by atoms with Gasteiger partial charge >= 0.3 is 5.97 Å². The normalized spacial score (nSPS) is 11.7. The lowest BCUT2D eigenvalue weighted by atomic mass is 10.2. The average Bonchev–Trinajstić information content (AvgIpc) is 3.08. The zero-order chi connectivity index (χ0) is 25.1. The minimum Gasteiger partial charge on any atom is -0.490 e. The molecule has 1 aromatic heterocycles. The third-order valence-electron chi connectivity index (χ3n) is 4.75. The van der Waals surface area contributed by atoms with Crippen molar-refractivity contribution < 1.29 is 23.8 Å². The molecule has 0 spiro atoms. The highest BCUT2D eigenvalue weighted by Gasteiger charge is 2.15. The largest absolute Gasteiger partial charge is 0.490 e. The molecule has 0 unspecified atom stereocenters. The SMILES string of the molecule is C#CCOc1ccc(/C=c2\s/c(=C\C(=O)OCC)n(CC(=O)N(CC)CC)c2=O)cc1OCC. The summed E-state index contributed by atoms with van der Waals surface area (Å²) >= 11 is 1.11. The Morgan fingerprint density at radius 1 is 1.12 bits per heavy atom. The number of carbonyl (C=O) groups excluding carboxylic acids is 2. The van der Waals surface area contributed by atoms with Gasteiger partial charge in [0.2, 0.25) is 5.91 Å². The summed E-state index contributed by atoms with van der Waals surface area (Å²) < 4.78 is 18.2. The first-order chi connectivity index (χ1) is 16.4. The fraction of sp³-hybridized carbons (Fsp3) is 0.400. The molecule has 182 valence electrons. The van der Waals surface area contributed by atoms with Crippen molar-refractivity contribution in [3.63, 3.8) is 0 Å². The van der Waals surface area contributed by atoms with Crippen LogP contribution in [0.2, 0.25) is 0 Å². The van der Waals surface area contributed by atoms with Gasteiger partial charge in [-0.2, -0.15) is 0 Å². The second kappa shape index (κ2) is 13.3. The van der Waals surface area contributed by atoms with E-state index < -0.39 is 5.97 Å². The van der Waals surface area contributed by atoms with E-state index in [1.54, 1.807) is 36.1 Å². The van der Waals surface area contributed by atoms with Crippen LogP contribution in [0.1, 0.15) is 33.3 Å². The molecule has 0 aliphatic rings. The van der Waals surface area contributed by atoms with E-state index >= 15 is 0 Å². The lowest BCUT2D eigenvalue weighted by molar-refractivity contribution is -0.135. The fourth-order valence-electron chi connectivity index (χ4n) is 3.16. The molecule has 1 aromatic carbocycles. The second-order valence-electron chi connectivity index (χ2n) is 6.93. The van der Waals surface area contributed by atoms with Gasteiger partial charge in [0.05, 0.1) is 23.8 Å². The topological polar surface area (TPSA) is 87.1 Å². The van der Waals surface area contributed by atoms with Crippen LogP contribution in [0, 0.1) is 12.3 Å². The van der Waals surface area contributed by atoms with Crippen LogP contribution in [-0.2, 0) is 20.9 Å². The zero-order valence-electron chi connectivity index (χ0n) is 20.0. The number of thiazole rings is 1. The molecular weight excluding hydrogens is 456 g/mol. The van der Waals surface area contributed by atoms with Crippen molar-refractivity contribution in [1.82, 2.24) is 9.47 Å². The lowest BCUT2D eigenvalue weighted by Gasteiger charge is -2.18. The molecule has 2 aromatic rings. The number of aromatic nitrogens is 1. The van der Waals surface area contributed by atoms with Crippen LogP contribution in [0.3, 0.4) is 0 Å². The number of ether oxygens (including phenoxy) is 3. The molecule has 0 bridgehead atoms. The maximum Gasteiger partial charge on any atom is 0.333 e. The Balaban J connectivity index is 2.59. The van der Waals surface area contributed by atoms with Crippen molar-refractivity contribution in [2.75, 3.05) is 32.9 Å². The predicted molar refractivity (Wildman–Crippen MR) is 132 cm³/mol. The third kappa shape index (κ3) is 6.99. The van der Waals surface area contributed by atoms with Gasteiger partial charge in [-0.25, -0.2) is 4.79 Å². The maximum absolute atomic E-state index is 13.2. The number of nitrogens with zero attached hydrogens (tertiary/aromatic N) is 2. The van der Waals surface area contributed by atoms with E-state index in [9.17, 15) is 14.4 Å². The molecule has 0 atom stereocenters. The zero-order valence-corrected chi connectivity index (χ0v) is 20.8. The standard InChI is InChI=1S/C25H30N2O6S/c1-6-13-33-19-12-11-18(14-20(19)31-9-4)15-21-25(30)27(17-22(28)26(7-2)8-3)23(34-21)16-24(29)32-10-5/h1,11-12,14-16H,7-10,13,17H2,2-5H3/b21-15-,23-16-. The van der Waals surface area contributed by atoms with Gasteiger partial charge in [-0.15, -0.1) is 17.8 Å². The van der Waals surface area contributed by atoms with Crippen molar-refractivity contribution in [1.29, 1.82) is 0 Å². The predicted octanol–water partition coefficient (Wildman–Crippen LogP) is 1.36. The minimum absolute atomic E-state index is 0.104. The van der Waals surface area contributed by atoms with Crippen LogP contribution in [0.5, 0.6) is 11.5 Å². The molecule has 0 saturated carbocycles. The molecule has 0 fully saturated rings. The van der Waals surface area contributed by atoms with Gasteiger partial charge in [-0.3, -0.25) is 14.2 Å². The second-order valence-corrected chi connectivity index (χ2v) is 8.00. The molecule has 9 heteroatoms. The molecule has 8 nitrogen and oxygen atoms in total. The molecule has 0 aliphatic heterocycles. The Kier molecular flexibility index (Phi) is 10.4. The minimum atomic E-state index is -0.576. The first-order valence-electron chi connectivity index (χ1n) is 11.1. The highest BCUT2D eigenvalue weighted by Crippen LogP contribution is 2.28. The number of likely N-dealkylation sites (N-methyl/N-ethyl adjacent to an activating group) is 1. The van der Waals surface area contributed by atoms with Gasteiger partial charge in [0.15, 0.2) is 11.5 Å². The number of carbonyl (C=O) groups is 2. The average molecular weight is 487 g/mol. The summed E-state index contributed by atoms with van der Waals surface area (Å²) in [6.45, 7) is 8.91. The van der Waals surface area contributed by atoms with Crippen LogP contribution < -0.4 is 24.2 Å².